The first kappa shape index (κ1) is 14.5. The quantitative estimate of drug-likeness (QED) is 0.751. The van der Waals surface area contributed by atoms with Gasteiger partial charge in [-0.2, -0.15) is 0 Å². The Labute approximate surface area is 105 Å². The fraction of sp³-hybridized carbons (Fsp3) is 0.923. The lowest BCUT2D eigenvalue weighted by Gasteiger charge is -2.24. The second-order valence-electron chi connectivity index (χ2n) is 5.30. The predicted octanol–water partition coefficient (Wildman–Crippen LogP) is 0.929. The molecule has 0 aromatic carbocycles. The van der Waals surface area contributed by atoms with Crippen molar-refractivity contribution in [2.45, 2.75) is 38.1 Å². The Bertz CT molecular complexity index is 225. The molecule has 1 amide bonds. The van der Waals surface area contributed by atoms with Crippen molar-refractivity contribution in [2.24, 2.45) is 0 Å². The van der Waals surface area contributed by atoms with Crippen molar-refractivity contribution in [1.82, 2.24) is 15.1 Å². The van der Waals surface area contributed by atoms with E-state index in [0.717, 1.165) is 26.1 Å². The summed E-state index contributed by atoms with van der Waals surface area (Å²) in [6, 6.07) is 0.565. The van der Waals surface area contributed by atoms with Crippen molar-refractivity contribution in [3.05, 3.63) is 0 Å². The van der Waals surface area contributed by atoms with Gasteiger partial charge in [-0.25, -0.2) is 0 Å². The highest BCUT2D eigenvalue weighted by Gasteiger charge is 2.15. The van der Waals surface area contributed by atoms with Gasteiger partial charge in [0.15, 0.2) is 0 Å². The van der Waals surface area contributed by atoms with Crippen molar-refractivity contribution in [3.63, 3.8) is 0 Å². The summed E-state index contributed by atoms with van der Waals surface area (Å²) in [6.45, 7) is 2.88. The van der Waals surface area contributed by atoms with E-state index in [0.29, 0.717) is 12.5 Å². The maximum absolute atomic E-state index is 11.9. The molecular formula is C13H27N3O. The number of carbonyl (C=O) groups is 1. The summed E-state index contributed by atoms with van der Waals surface area (Å²) in [5, 5.41) is 3.48. The number of nitrogens with zero attached hydrogens (tertiary/aromatic N) is 2. The van der Waals surface area contributed by atoms with Gasteiger partial charge in [0.2, 0.25) is 5.91 Å². The molecule has 100 valence electrons. The van der Waals surface area contributed by atoms with Gasteiger partial charge in [0.05, 0.1) is 0 Å². The summed E-state index contributed by atoms with van der Waals surface area (Å²) in [6.07, 6.45) is 5.50. The van der Waals surface area contributed by atoms with Crippen molar-refractivity contribution >= 4 is 5.91 Å². The van der Waals surface area contributed by atoms with Gasteiger partial charge in [-0.05, 0) is 39.9 Å². The van der Waals surface area contributed by atoms with Gasteiger partial charge in [0, 0.05) is 32.6 Å². The molecule has 1 aliphatic heterocycles. The molecule has 1 saturated heterocycles. The van der Waals surface area contributed by atoms with Gasteiger partial charge in [-0.1, -0.05) is 6.42 Å². The van der Waals surface area contributed by atoms with Crippen LogP contribution in [0.3, 0.4) is 0 Å². The number of carbonyl (C=O) groups excluding carboxylic acids is 1. The van der Waals surface area contributed by atoms with Gasteiger partial charge < -0.3 is 15.1 Å². The van der Waals surface area contributed by atoms with E-state index in [1.807, 2.05) is 26.0 Å². The lowest BCUT2D eigenvalue weighted by atomic mass is 10.0. The summed E-state index contributed by atoms with van der Waals surface area (Å²) in [5.74, 6) is 0.277. The molecule has 4 nitrogen and oxygen atoms in total. The lowest BCUT2D eigenvalue weighted by Crippen LogP contribution is -2.37. The number of nitrogens with one attached hydrogen (secondary N) is 1. The Morgan fingerprint density at radius 3 is 2.59 bits per heavy atom. The molecule has 1 fully saturated rings. The molecule has 1 N–H and O–H groups in total. The van der Waals surface area contributed by atoms with E-state index in [1.165, 1.54) is 19.3 Å². The van der Waals surface area contributed by atoms with Crippen LogP contribution in [0.1, 0.15) is 32.1 Å². The predicted molar refractivity (Wildman–Crippen MR) is 71.1 cm³/mol. The lowest BCUT2D eigenvalue weighted by molar-refractivity contribution is -0.130. The third kappa shape index (κ3) is 6.03. The molecule has 1 unspecified atom stereocenters. The highest BCUT2D eigenvalue weighted by atomic mass is 16.2. The molecular weight excluding hydrogens is 214 g/mol. The standard InChI is InChI=1S/C13H27N3O/c1-15(2)10-11-16(3)13(17)8-7-12-6-4-5-9-14-12/h12,14H,4-11H2,1-3H3. The minimum Gasteiger partial charge on any atom is -0.344 e. The van der Waals surface area contributed by atoms with Crippen LogP contribution in [0.5, 0.6) is 0 Å². The Kier molecular flexibility index (Phi) is 6.52. The zero-order chi connectivity index (χ0) is 12.7. The van der Waals surface area contributed by atoms with Crippen LogP contribution in [0.25, 0.3) is 0 Å². The van der Waals surface area contributed by atoms with E-state index in [4.69, 9.17) is 0 Å². The normalized spacial score (nSPS) is 20.6. The summed E-state index contributed by atoms with van der Waals surface area (Å²) in [5.41, 5.74) is 0. The fourth-order valence-corrected chi connectivity index (χ4v) is 2.13. The first-order valence-corrected chi connectivity index (χ1v) is 6.71. The van der Waals surface area contributed by atoms with E-state index in [2.05, 4.69) is 10.2 Å². The topological polar surface area (TPSA) is 35.6 Å². The minimum atomic E-state index is 0.277. The third-order valence-corrected chi connectivity index (χ3v) is 3.43. The second kappa shape index (κ2) is 7.67. The molecule has 0 saturated carbocycles. The fourth-order valence-electron chi connectivity index (χ4n) is 2.13. The van der Waals surface area contributed by atoms with Crippen molar-refractivity contribution in [1.29, 1.82) is 0 Å². The highest BCUT2D eigenvalue weighted by Crippen LogP contribution is 2.12. The number of hydrogen-bond acceptors (Lipinski definition) is 3. The zero-order valence-corrected chi connectivity index (χ0v) is 11.5. The van der Waals surface area contributed by atoms with E-state index < -0.39 is 0 Å². The largest absolute Gasteiger partial charge is 0.344 e. The number of hydrogen-bond donors (Lipinski definition) is 1. The molecule has 1 rings (SSSR count). The molecule has 0 bridgehead atoms. The summed E-state index contributed by atoms with van der Waals surface area (Å²) < 4.78 is 0. The van der Waals surface area contributed by atoms with Crippen molar-refractivity contribution in [2.75, 3.05) is 40.8 Å². The maximum atomic E-state index is 11.9. The molecule has 1 heterocycles. The van der Waals surface area contributed by atoms with Gasteiger partial charge in [-0.15, -0.1) is 0 Å². The SMILES string of the molecule is CN(C)CCN(C)C(=O)CCC1CCCCN1. The molecule has 1 atom stereocenters. The highest BCUT2D eigenvalue weighted by molar-refractivity contribution is 5.75. The number of amides is 1. The van der Waals surface area contributed by atoms with Gasteiger partial charge in [0.1, 0.15) is 0 Å². The van der Waals surface area contributed by atoms with Crippen LogP contribution in [-0.2, 0) is 4.79 Å². The van der Waals surface area contributed by atoms with Gasteiger partial charge in [-0.3, -0.25) is 4.79 Å². The van der Waals surface area contributed by atoms with Crippen LogP contribution >= 0.6 is 0 Å². The van der Waals surface area contributed by atoms with Crippen LogP contribution in [0, 0.1) is 0 Å². The summed E-state index contributed by atoms with van der Waals surface area (Å²) in [7, 11) is 5.97. The van der Waals surface area contributed by atoms with E-state index in [-0.39, 0.29) is 5.91 Å². The smallest absolute Gasteiger partial charge is 0.222 e. The van der Waals surface area contributed by atoms with Crippen LogP contribution in [0.2, 0.25) is 0 Å². The molecule has 0 aromatic rings. The zero-order valence-electron chi connectivity index (χ0n) is 11.5. The van der Waals surface area contributed by atoms with Crippen molar-refractivity contribution in [3.8, 4) is 0 Å². The molecule has 1 aliphatic rings. The number of piperidine rings is 1. The minimum absolute atomic E-state index is 0.277. The first-order chi connectivity index (χ1) is 8.09. The van der Waals surface area contributed by atoms with Crippen LogP contribution < -0.4 is 5.32 Å². The molecule has 0 spiro atoms. The third-order valence-electron chi connectivity index (χ3n) is 3.43. The monoisotopic (exact) mass is 241 g/mol. The Morgan fingerprint density at radius 1 is 1.24 bits per heavy atom. The molecule has 0 aliphatic carbocycles. The van der Waals surface area contributed by atoms with E-state index in [1.54, 1.807) is 0 Å². The molecule has 17 heavy (non-hydrogen) atoms. The molecule has 0 aromatic heterocycles. The Morgan fingerprint density at radius 2 is 2.00 bits per heavy atom. The summed E-state index contributed by atoms with van der Waals surface area (Å²) >= 11 is 0. The van der Waals surface area contributed by atoms with Crippen LogP contribution in [0.15, 0.2) is 0 Å². The van der Waals surface area contributed by atoms with Crippen molar-refractivity contribution < 1.29 is 4.79 Å². The molecule has 4 heteroatoms. The first-order valence-electron chi connectivity index (χ1n) is 6.71. The average Bonchev–Trinajstić information content (AvgIpc) is 2.34. The van der Waals surface area contributed by atoms with E-state index >= 15 is 0 Å². The van der Waals surface area contributed by atoms with Gasteiger partial charge in [0.25, 0.3) is 0 Å². The Balaban J connectivity index is 2.14. The Hall–Kier alpha value is -0.610. The number of rotatable bonds is 6. The van der Waals surface area contributed by atoms with Crippen LogP contribution in [-0.4, -0.2) is 62.5 Å². The second-order valence-corrected chi connectivity index (χ2v) is 5.30. The van der Waals surface area contributed by atoms with Gasteiger partial charge >= 0.3 is 0 Å². The average molecular weight is 241 g/mol. The van der Waals surface area contributed by atoms with Crippen LogP contribution in [0.4, 0.5) is 0 Å². The number of likely N-dealkylation sites (N-methyl/N-ethyl adjacent to an activating group) is 2. The summed E-state index contributed by atoms with van der Waals surface area (Å²) in [4.78, 5) is 15.8. The van der Waals surface area contributed by atoms with E-state index in [9.17, 15) is 4.79 Å². The molecule has 0 radical (unpaired) electrons. The maximum Gasteiger partial charge on any atom is 0.222 e.